The molecule has 0 aliphatic rings. The first-order valence-electron chi connectivity index (χ1n) is 6.23. The number of anilines is 1. The summed E-state index contributed by atoms with van der Waals surface area (Å²) in [6.45, 7) is 2.41. The Kier molecular flexibility index (Phi) is 4.12. The maximum absolute atomic E-state index is 13.9. The van der Waals surface area contributed by atoms with Crippen LogP contribution in [-0.4, -0.2) is 18.6 Å². The van der Waals surface area contributed by atoms with Crippen molar-refractivity contribution in [3.63, 3.8) is 0 Å². The molecule has 0 saturated carbocycles. The molecule has 2 aromatic rings. The maximum Gasteiger partial charge on any atom is 0.146 e. The third kappa shape index (κ3) is 2.74. The van der Waals surface area contributed by atoms with Crippen molar-refractivity contribution in [2.45, 2.75) is 13.0 Å². The lowest BCUT2D eigenvalue weighted by Gasteiger charge is -2.30. The van der Waals surface area contributed by atoms with Gasteiger partial charge in [-0.3, -0.25) is 4.98 Å². The molecule has 0 saturated heterocycles. The molecule has 1 aromatic heterocycles. The standard InChI is InChI=1S/C15H18FN3/c1-11-7-8-18-10-12(11)15(9-17)19(2)14-6-4-3-5-13(14)16/h3-8,10,15H,9,17H2,1-2H3. The van der Waals surface area contributed by atoms with Gasteiger partial charge in [0.15, 0.2) is 0 Å². The molecule has 0 radical (unpaired) electrons. The van der Waals surface area contributed by atoms with Gasteiger partial charge in [0, 0.05) is 26.0 Å². The molecule has 0 aliphatic carbocycles. The minimum Gasteiger partial charge on any atom is -0.364 e. The number of benzene rings is 1. The van der Waals surface area contributed by atoms with Crippen molar-refractivity contribution in [2.24, 2.45) is 5.73 Å². The predicted molar refractivity (Wildman–Crippen MR) is 75.6 cm³/mol. The van der Waals surface area contributed by atoms with Gasteiger partial charge in [-0.05, 0) is 36.2 Å². The first-order valence-corrected chi connectivity index (χ1v) is 6.23. The number of rotatable bonds is 4. The number of para-hydroxylation sites is 1. The van der Waals surface area contributed by atoms with E-state index in [1.807, 2.05) is 31.0 Å². The maximum atomic E-state index is 13.9. The van der Waals surface area contributed by atoms with Crippen molar-refractivity contribution in [1.82, 2.24) is 4.98 Å². The molecule has 1 aromatic carbocycles. The van der Waals surface area contributed by atoms with Crippen LogP contribution >= 0.6 is 0 Å². The van der Waals surface area contributed by atoms with Crippen LogP contribution < -0.4 is 10.6 Å². The van der Waals surface area contributed by atoms with Crippen molar-refractivity contribution in [1.29, 1.82) is 0 Å². The highest BCUT2D eigenvalue weighted by atomic mass is 19.1. The number of aromatic nitrogens is 1. The van der Waals surface area contributed by atoms with Gasteiger partial charge >= 0.3 is 0 Å². The number of halogens is 1. The fraction of sp³-hybridized carbons (Fsp3) is 0.267. The molecule has 2 rings (SSSR count). The molecule has 0 fully saturated rings. The van der Waals surface area contributed by atoms with Crippen LogP contribution in [-0.2, 0) is 0 Å². The Balaban J connectivity index is 2.38. The van der Waals surface area contributed by atoms with Crippen molar-refractivity contribution in [3.8, 4) is 0 Å². The fourth-order valence-corrected chi connectivity index (χ4v) is 2.22. The zero-order valence-electron chi connectivity index (χ0n) is 11.2. The van der Waals surface area contributed by atoms with Gasteiger partial charge in [-0.2, -0.15) is 0 Å². The van der Waals surface area contributed by atoms with Gasteiger partial charge in [0.2, 0.25) is 0 Å². The Morgan fingerprint density at radius 3 is 2.68 bits per heavy atom. The van der Waals surface area contributed by atoms with Crippen LogP contribution in [0.15, 0.2) is 42.7 Å². The highest BCUT2D eigenvalue weighted by molar-refractivity contribution is 5.50. The lowest BCUT2D eigenvalue weighted by Crippen LogP contribution is -2.31. The minimum atomic E-state index is -0.245. The second kappa shape index (κ2) is 5.80. The van der Waals surface area contributed by atoms with Crippen molar-refractivity contribution in [2.75, 3.05) is 18.5 Å². The number of likely N-dealkylation sites (N-methyl/N-ethyl adjacent to an activating group) is 1. The number of hydrogen-bond donors (Lipinski definition) is 1. The van der Waals surface area contributed by atoms with Gasteiger partial charge in [-0.15, -0.1) is 0 Å². The number of nitrogens with zero attached hydrogens (tertiary/aromatic N) is 2. The smallest absolute Gasteiger partial charge is 0.146 e. The first-order chi connectivity index (χ1) is 9.15. The quantitative estimate of drug-likeness (QED) is 0.918. The van der Waals surface area contributed by atoms with E-state index in [0.717, 1.165) is 11.1 Å². The predicted octanol–water partition coefficient (Wildman–Crippen LogP) is 2.67. The summed E-state index contributed by atoms with van der Waals surface area (Å²) >= 11 is 0. The van der Waals surface area contributed by atoms with Gasteiger partial charge in [-0.1, -0.05) is 12.1 Å². The molecule has 3 nitrogen and oxygen atoms in total. The average molecular weight is 259 g/mol. The summed E-state index contributed by atoms with van der Waals surface area (Å²) in [5, 5.41) is 0. The molecular formula is C15H18FN3. The summed E-state index contributed by atoms with van der Waals surface area (Å²) in [6, 6.07) is 8.55. The van der Waals surface area contributed by atoms with Crippen LogP contribution in [0.4, 0.5) is 10.1 Å². The summed E-state index contributed by atoms with van der Waals surface area (Å²) < 4.78 is 13.9. The Bertz CT molecular complexity index is 557. The highest BCUT2D eigenvalue weighted by Crippen LogP contribution is 2.28. The number of hydrogen-bond acceptors (Lipinski definition) is 3. The number of nitrogens with two attached hydrogens (primary N) is 1. The van der Waals surface area contributed by atoms with Gasteiger partial charge in [0.25, 0.3) is 0 Å². The normalized spacial score (nSPS) is 12.2. The topological polar surface area (TPSA) is 42.1 Å². The third-order valence-corrected chi connectivity index (χ3v) is 3.36. The van der Waals surface area contributed by atoms with E-state index in [2.05, 4.69) is 4.98 Å². The SMILES string of the molecule is Cc1ccncc1C(CN)N(C)c1ccccc1F. The molecule has 19 heavy (non-hydrogen) atoms. The zero-order chi connectivity index (χ0) is 13.8. The Morgan fingerprint density at radius 2 is 2.05 bits per heavy atom. The Labute approximate surface area is 112 Å². The second-order valence-electron chi connectivity index (χ2n) is 4.55. The lowest BCUT2D eigenvalue weighted by atomic mass is 10.0. The van der Waals surface area contributed by atoms with E-state index in [1.54, 1.807) is 24.5 Å². The van der Waals surface area contributed by atoms with Crippen LogP contribution in [0.5, 0.6) is 0 Å². The van der Waals surface area contributed by atoms with Crippen molar-refractivity contribution >= 4 is 5.69 Å². The second-order valence-corrected chi connectivity index (χ2v) is 4.55. The lowest BCUT2D eigenvalue weighted by molar-refractivity contribution is 0.601. The summed E-state index contributed by atoms with van der Waals surface area (Å²) in [7, 11) is 1.85. The molecule has 0 aliphatic heterocycles. The van der Waals surface area contributed by atoms with E-state index >= 15 is 0 Å². The van der Waals surface area contributed by atoms with Gasteiger partial charge in [0.1, 0.15) is 5.82 Å². The Morgan fingerprint density at radius 1 is 1.32 bits per heavy atom. The zero-order valence-corrected chi connectivity index (χ0v) is 11.2. The van der Waals surface area contributed by atoms with E-state index in [4.69, 9.17) is 5.73 Å². The Hall–Kier alpha value is -1.94. The van der Waals surface area contributed by atoms with Crippen LogP contribution in [0, 0.1) is 12.7 Å². The van der Waals surface area contributed by atoms with Crippen molar-refractivity contribution < 1.29 is 4.39 Å². The molecule has 1 heterocycles. The molecule has 4 heteroatoms. The number of pyridine rings is 1. The van der Waals surface area contributed by atoms with Crippen LogP contribution in [0.1, 0.15) is 17.2 Å². The molecule has 1 unspecified atom stereocenters. The van der Waals surface area contributed by atoms with Gasteiger partial charge in [0.05, 0.1) is 11.7 Å². The third-order valence-electron chi connectivity index (χ3n) is 3.36. The van der Waals surface area contributed by atoms with E-state index in [-0.39, 0.29) is 11.9 Å². The largest absolute Gasteiger partial charge is 0.364 e. The average Bonchev–Trinajstić information content (AvgIpc) is 2.42. The number of aryl methyl sites for hydroxylation is 1. The molecule has 100 valence electrons. The summed E-state index contributed by atoms with van der Waals surface area (Å²) in [4.78, 5) is 6.00. The van der Waals surface area contributed by atoms with E-state index < -0.39 is 0 Å². The fourth-order valence-electron chi connectivity index (χ4n) is 2.22. The van der Waals surface area contributed by atoms with Gasteiger partial charge < -0.3 is 10.6 Å². The molecule has 0 amide bonds. The van der Waals surface area contributed by atoms with Crippen LogP contribution in [0.2, 0.25) is 0 Å². The summed E-state index contributed by atoms with van der Waals surface area (Å²) in [5.41, 5.74) is 8.54. The monoisotopic (exact) mass is 259 g/mol. The van der Waals surface area contributed by atoms with Crippen molar-refractivity contribution in [3.05, 3.63) is 59.7 Å². The molecule has 2 N–H and O–H groups in total. The van der Waals surface area contributed by atoms with Gasteiger partial charge in [-0.25, -0.2) is 4.39 Å². The van der Waals surface area contributed by atoms with E-state index in [9.17, 15) is 4.39 Å². The molecule has 0 bridgehead atoms. The summed E-state index contributed by atoms with van der Waals surface area (Å²) in [5.74, 6) is -0.245. The molecule has 0 spiro atoms. The highest BCUT2D eigenvalue weighted by Gasteiger charge is 2.19. The van der Waals surface area contributed by atoms with Crippen LogP contribution in [0.3, 0.4) is 0 Å². The first kappa shape index (κ1) is 13.5. The summed E-state index contributed by atoms with van der Waals surface area (Å²) in [6.07, 6.45) is 3.54. The minimum absolute atomic E-state index is 0.0920. The van der Waals surface area contributed by atoms with Crippen LogP contribution in [0.25, 0.3) is 0 Å². The van der Waals surface area contributed by atoms with E-state index in [1.165, 1.54) is 6.07 Å². The molecule has 1 atom stereocenters. The molecular weight excluding hydrogens is 241 g/mol. The van der Waals surface area contributed by atoms with E-state index in [0.29, 0.717) is 12.2 Å².